The highest BCUT2D eigenvalue weighted by molar-refractivity contribution is 9.10. The number of hydrazone groups is 1. The minimum Gasteiger partial charge on any atom is -0.366 e. The first-order valence-electron chi connectivity index (χ1n) is 10.3. The molecule has 0 bridgehead atoms. The van der Waals surface area contributed by atoms with Crippen LogP contribution in [0.4, 0.5) is 5.69 Å². The number of halogens is 1. The lowest BCUT2D eigenvalue weighted by Gasteiger charge is -2.35. The zero-order valence-electron chi connectivity index (χ0n) is 16.9. The Morgan fingerprint density at radius 3 is 2.33 bits per heavy atom. The number of sulfonamides is 1. The fraction of sp³-hybridized carbons (Fsp3) is 0.429. The summed E-state index contributed by atoms with van der Waals surface area (Å²) in [7, 11) is -3.49. The molecule has 0 aliphatic carbocycles. The second-order valence-corrected chi connectivity index (χ2v) is 10.4. The number of nitrogens with one attached hydrogen (secondary N) is 1. The van der Waals surface area contributed by atoms with Crippen LogP contribution in [-0.2, 0) is 10.0 Å². The van der Waals surface area contributed by atoms with E-state index in [4.69, 9.17) is 0 Å². The van der Waals surface area contributed by atoms with Crippen LogP contribution in [0.25, 0.3) is 0 Å². The van der Waals surface area contributed by atoms with Crippen molar-refractivity contribution in [2.24, 2.45) is 5.10 Å². The fourth-order valence-corrected chi connectivity index (χ4v) is 5.83. The number of benzene rings is 1. The van der Waals surface area contributed by atoms with E-state index in [0.717, 1.165) is 61.2 Å². The van der Waals surface area contributed by atoms with Crippen LogP contribution in [-0.4, -0.2) is 63.2 Å². The third kappa shape index (κ3) is 4.84. The van der Waals surface area contributed by atoms with Gasteiger partial charge in [0.1, 0.15) is 0 Å². The number of aromatic amines is 1. The number of aromatic nitrogens is 1. The molecule has 0 spiro atoms. The number of hydrogen-bond acceptors (Lipinski definition) is 5. The molecule has 0 amide bonds. The van der Waals surface area contributed by atoms with Crippen LogP contribution in [0.15, 0.2) is 57.2 Å². The number of hydrogen-bond donors (Lipinski definition) is 0. The van der Waals surface area contributed by atoms with E-state index in [9.17, 15) is 8.42 Å². The smallest absolute Gasteiger partial charge is 0.251 e. The van der Waals surface area contributed by atoms with Gasteiger partial charge < -0.3 is 4.90 Å². The van der Waals surface area contributed by atoms with Crippen LogP contribution in [0.2, 0.25) is 0 Å². The van der Waals surface area contributed by atoms with Gasteiger partial charge in [0.25, 0.3) is 10.0 Å². The van der Waals surface area contributed by atoms with Gasteiger partial charge in [-0.05, 0) is 30.5 Å². The summed E-state index contributed by atoms with van der Waals surface area (Å²) in [6.45, 7) is 4.16. The van der Waals surface area contributed by atoms with Crippen molar-refractivity contribution in [3.05, 3.63) is 52.8 Å². The minimum absolute atomic E-state index is 0.374. The molecule has 1 aromatic carbocycles. The molecule has 1 aromatic heterocycles. The predicted molar refractivity (Wildman–Crippen MR) is 121 cm³/mol. The van der Waals surface area contributed by atoms with Gasteiger partial charge >= 0.3 is 0 Å². The van der Waals surface area contributed by atoms with Crippen molar-refractivity contribution in [1.29, 1.82) is 0 Å². The highest BCUT2D eigenvalue weighted by Crippen LogP contribution is 2.28. The lowest BCUT2D eigenvalue weighted by molar-refractivity contribution is -0.380. The number of H-pyrrole nitrogens is 1. The summed E-state index contributed by atoms with van der Waals surface area (Å²) < 4.78 is 29.2. The van der Waals surface area contributed by atoms with Gasteiger partial charge in [0.2, 0.25) is 0 Å². The quantitative estimate of drug-likeness (QED) is 0.601. The minimum atomic E-state index is -3.49. The van der Waals surface area contributed by atoms with Gasteiger partial charge in [-0.1, -0.05) is 34.5 Å². The molecule has 4 rings (SSSR count). The molecule has 3 heterocycles. The van der Waals surface area contributed by atoms with Crippen molar-refractivity contribution < 1.29 is 13.4 Å². The average Bonchev–Trinajstić information content (AvgIpc) is 2.80. The van der Waals surface area contributed by atoms with Gasteiger partial charge in [0.15, 0.2) is 17.3 Å². The Bertz CT molecular complexity index is 983. The summed E-state index contributed by atoms with van der Waals surface area (Å²) >= 11 is 3.44. The Labute approximate surface area is 186 Å². The Balaban J connectivity index is 1.44. The molecule has 2 aliphatic heterocycles. The average molecular weight is 493 g/mol. The maximum absolute atomic E-state index is 13.2. The fourth-order valence-electron chi connectivity index (χ4n) is 3.87. The predicted octanol–water partition coefficient (Wildman–Crippen LogP) is 2.59. The van der Waals surface area contributed by atoms with E-state index in [-0.39, 0.29) is 0 Å². The lowest BCUT2D eigenvalue weighted by Crippen LogP contribution is -2.45. The Morgan fingerprint density at radius 2 is 1.63 bits per heavy atom. The van der Waals surface area contributed by atoms with Gasteiger partial charge in [-0.2, -0.15) is 9.41 Å². The van der Waals surface area contributed by atoms with Crippen LogP contribution < -0.4 is 9.88 Å². The molecule has 0 unspecified atom stereocenters. The number of rotatable bonds is 5. The van der Waals surface area contributed by atoms with Crippen molar-refractivity contribution in [2.45, 2.75) is 24.2 Å². The van der Waals surface area contributed by atoms with Crippen molar-refractivity contribution in [3.8, 4) is 0 Å². The monoisotopic (exact) mass is 492 g/mol. The van der Waals surface area contributed by atoms with Gasteiger partial charge in [-0.25, -0.2) is 13.4 Å². The Hall–Kier alpha value is -1.97. The summed E-state index contributed by atoms with van der Waals surface area (Å²) in [4.78, 5) is 5.49. The molecular formula is C21H27BrN5O2S+. The lowest BCUT2D eigenvalue weighted by atomic mass is 10.2. The summed E-state index contributed by atoms with van der Waals surface area (Å²) in [6.07, 6.45) is 8.24. The van der Waals surface area contributed by atoms with E-state index in [1.165, 1.54) is 0 Å². The first kappa shape index (κ1) is 21.3. The molecular weight excluding hydrogens is 466 g/mol. The first-order valence-corrected chi connectivity index (χ1v) is 12.6. The zero-order chi connectivity index (χ0) is 21.0. The molecule has 160 valence electrons. The largest absolute Gasteiger partial charge is 0.366 e. The van der Waals surface area contributed by atoms with Gasteiger partial charge in [0.05, 0.1) is 25.0 Å². The van der Waals surface area contributed by atoms with E-state index in [1.807, 2.05) is 41.6 Å². The summed E-state index contributed by atoms with van der Waals surface area (Å²) in [6, 6.07) is 9.90. The van der Waals surface area contributed by atoms with E-state index in [1.54, 1.807) is 16.7 Å². The molecule has 2 fully saturated rings. The molecule has 1 N–H and O–H groups in total. The number of pyridine rings is 1. The van der Waals surface area contributed by atoms with Gasteiger partial charge in [-0.3, -0.25) is 5.01 Å². The van der Waals surface area contributed by atoms with Gasteiger partial charge in [0, 0.05) is 36.7 Å². The molecule has 0 atom stereocenters. The first-order chi connectivity index (χ1) is 14.5. The zero-order valence-corrected chi connectivity index (χ0v) is 19.3. The molecule has 9 heteroatoms. The molecule has 2 saturated heterocycles. The topological polar surface area (TPSA) is 70.4 Å². The van der Waals surface area contributed by atoms with Crippen molar-refractivity contribution >= 4 is 37.9 Å². The Kier molecular flexibility index (Phi) is 6.70. The molecule has 30 heavy (non-hydrogen) atoms. The molecule has 2 aromatic rings. The highest BCUT2D eigenvalue weighted by atomic mass is 79.9. The van der Waals surface area contributed by atoms with E-state index >= 15 is 0 Å². The molecule has 0 radical (unpaired) electrons. The number of piperidine rings is 1. The van der Waals surface area contributed by atoms with E-state index < -0.39 is 10.0 Å². The third-order valence-electron chi connectivity index (χ3n) is 5.57. The van der Waals surface area contributed by atoms with E-state index in [2.05, 4.69) is 30.9 Å². The van der Waals surface area contributed by atoms with Crippen molar-refractivity contribution in [1.82, 2.24) is 9.31 Å². The molecule has 2 aliphatic rings. The molecule has 0 saturated carbocycles. The Morgan fingerprint density at radius 1 is 0.933 bits per heavy atom. The van der Waals surface area contributed by atoms with Crippen LogP contribution in [0.5, 0.6) is 0 Å². The molecule has 7 nitrogen and oxygen atoms in total. The number of anilines is 1. The van der Waals surface area contributed by atoms with Gasteiger partial charge in [-0.15, -0.1) is 0 Å². The number of nitrogens with zero attached hydrogens (tertiary/aromatic N) is 4. The number of piperazine rings is 1. The second kappa shape index (κ2) is 9.45. The van der Waals surface area contributed by atoms with Crippen LogP contribution in [0, 0.1) is 0 Å². The SMILES string of the molecule is O=S(=O)(c1c[nH+]ccc1N1CCN(/N=C\c2ccc(Br)cc2)CC1)N1CCCCC1. The van der Waals surface area contributed by atoms with Crippen molar-refractivity contribution in [2.75, 3.05) is 44.2 Å². The summed E-state index contributed by atoms with van der Waals surface area (Å²) in [5, 5.41) is 6.62. The maximum atomic E-state index is 13.2. The summed E-state index contributed by atoms with van der Waals surface area (Å²) in [5.41, 5.74) is 1.82. The van der Waals surface area contributed by atoms with Crippen LogP contribution >= 0.6 is 15.9 Å². The van der Waals surface area contributed by atoms with Crippen LogP contribution in [0.1, 0.15) is 24.8 Å². The second-order valence-electron chi connectivity index (χ2n) is 7.60. The summed E-state index contributed by atoms with van der Waals surface area (Å²) in [5.74, 6) is 0. The van der Waals surface area contributed by atoms with E-state index in [0.29, 0.717) is 18.0 Å². The van der Waals surface area contributed by atoms with Crippen molar-refractivity contribution in [3.63, 3.8) is 0 Å². The maximum Gasteiger partial charge on any atom is 0.251 e. The standard InChI is InChI=1S/C21H26BrN5O2S/c22-19-6-4-18(5-7-19)16-24-26-14-12-25(13-15-26)20-8-9-23-17-21(20)30(28,29)27-10-2-1-3-11-27/h4-9,16-17H,1-3,10-15H2/p+1/b24-16-. The van der Waals surface area contributed by atoms with Crippen LogP contribution in [0.3, 0.4) is 0 Å². The third-order valence-corrected chi connectivity index (χ3v) is 8.03. The normalized spacial score (nSPS) is 18.8. The highest BCUT2D eigenvalue weighted by Gasteiger charge is 2.32.